The van der Waals surface area contributed by atoms with E-state index in [4.69, 9.17) is 19.0 Å². The molecule has 4 aliphatic rings. The number of hydrogen-bond acceptors (Lipinski definition) is 6. The predicted octanol–water partition coefficient (Wildman–Crippen LogP) is 6.70. The first kappa shape index (κ1) is 32.9. The molecule has 9 nitrogen and oxygen atoms in total. The van der Waals surface area contributed by atoms with Crippen LogP contribution in [-0.2, 0) is 18.8 Å². The number of methoxy groups -OCH3 is 1. The van der Waals surface area contributed by atoms with Gasteiger partial charge < -0.3 is 29.2 Å². The van der Waals surface area contributed by atoms with Gasteiger partial charge in [0.15, 0.2) is 0 Å². The third-order valence-corrected chi connectivity index (χ3v) is 12.0. The second-order valence-electron chi connectivity index (χ2n) is 15.6. The third kappa shape index (κ3) is 5.36. The van der Waals surface area contributed by atoms with E-state index < -0.39 is 12.1 Å². The number of hydrogen-bond donors (Lipinski definition) is 2. The normalized spacial score (nSPS) is 25.9. The molecule has 3 fully saturated rings. The van der Waals surface area contributed by atoms with Gasteiger partial charge >= 0.3 is 13.2 Å². The topological polar surface area (TPSA) is 106 Å². The van der Waals surface area contributed by atoms with Gasteiger partial charge in [0.25, 0.3) is 0 Å². The molecule has 2 aliphatic heterocycles. The Kier molecular flexibility index (Phi) is 8.26. The first-order valence-electron chi connectivity index (χ1n) is 17.6. The zero-order valence-electron chi connectivity index (χ0n) is 29.6. The van der Waals surface area contributed by atoms with Crippen LogP contribution in [0, 0.1) is 11.8 Å². The molecule has 2 bridgehead atoms. The van der Waals surface area contributed by atoms with Crippen molar-refractivity contribution in [1.82, 2.24) is 20.2 Å². The highest BCUT2D eigenvalue weighted by Crippen LogP contribution is 2.59. The first-order chi connectivity index (χ1) is 22.8. The number of carbonyl (C=O) groups excluding carboxylic acids is 2. The number of amides is 2. The van der Waals surface area contributed by atoms with Crippen molar-refractivity contribution in [2.24, 2.45) is 11.8 Å². The zero-order chi connectivity index (χ0) is 34.1. The molecule has 1 saturated carbocycles. The number of imidazole rings is 1. The predicted molar refractivity (Wildman–Crippen MR) is 187 cm³/mol. The van der Waals surface area contributed by atoms with Crippen LogP contribution < -0.4 is 10.8 Å². The molecular formula is C38H49BN4O5. The van der Waals surface area contributed by atoms with Crippen LogP contribution in [0.3, 0.4) is 0 Å². The number of H-pyrrole nitrogens is 1. The summed E-state index contributed by atoms with van der Waals surface area (Å²) in [6.07, 6.45) is 5.39. The standard InChI is InChI=1S/C38H49BN4O5/c1-21(2)33(42-36(45)46-8)35(44)43-19-9-10-30(43)34-40-20-29(41-34)24-13-11-23(12-14-24)27-17-18-28(39-47-37(4,5)38(6,7)48-39)32-26-16-15-25(22(26)3)31(27)32/h11-14,17-18,20-22,25-26,30,33H,9-10,15-16,19H2,1-8H3,(H,40,41)(H,42,45)/t22?,25?,26?,30-,33-/m0/s1. The van der Waals surface area contributed by atoms with Crippen LogP contribution in [0.1, 0.15) is 109 Å². The Balaban J connectivity index is 1.14. The summed E-state index contributed by atoms with van der Waals surface area (Å²) in [4.78, 5) is 35.6. The SMILES string of the molecule is COC(=O)N[C@H](C(=O)N1CCC[C@H]1c1ncc(-c2ccc(-c3ccc(B4OC(C)(C)C(C)(C)O4)c4c3C3CCC4C3C)cc2)[nH]1)C(C)C. The minimum Gasteiger partial charge on any atom is -0.453 e. The van der Waals surface area contributed by atoms with E-state index in [1.807, 2.05) is 24.9 Å². The molecule has 2 aliphatic carbocycles. The van der Waals surface area contributed by atoms with E-state index >= 15 is 0 Å². The number of rotatable bonds is 7. The Morgan fingerprint density at radius 1 is 0.979 bits per heavy atom. The van der Waals surface area contributed by atoms with Crippen molar-refractivity contribution >= 4 is 24.6 Å². The Hall–Kier alpha value is -3.63. The number of alkyl carbamates (subject to hydrolysis) is 1. The van der Waals surface area contributed by atoms with E-state index in [0.717, 1.165) is 29.9 Å². The molecule has 2 N–H and O–H groups in total. The summed E-state index contributed by atoms with van der Waals surface area (Å²) >= 11 is 0. The Morgan fingerprint density at radius 3 is 2.27 bits per heavy atom. The van der Waals surface area contributed by atoms with Crippen LogP contribution in [0.4, 0.5) is 4.79 Å². The van der Waals surface area contributed by atoms with Crippen LogP contribution >= 0.6 is 0 Å². The second-order valence-corrected chi connectivity index (χ2v) is 15.6. The van der Waals surface area contributed by atoms with Gasteiger partial charge in [0.2, 0.25) is 5.91 Å². The highest BCUT2D eigenvalue weighted by atomic mass is 16.7. The number of carbonyl (C=O) groups is 2. The van der Waals surface area contributed by atoms with Crippen LogP contribution in [0.25, 0.3) is 22.4 Å². The maximum absolute atomic E-state index is 13.6. The molecule has 2 aromatic carbocycles. The van der Waals surface area contributed by atoms with Crippen LogP contribution in [0.15, 0.2) is 42.6 Å². The molecule has 3 aromatic rings. The highest BCUT2D eigenvalue weighted by Gasteiger charge is 2.55. The minimum absolute atomic E-state index is 0.0805. The van der Waals surface area contributed by atoms with Crippen molar-refractivity contribution in [3.63, 3.8) is 0 Å². The van der Waals surface area contributed by atoms with Crippen molar-refractivity contribution in [2.45, 2.75) is 109 Å². The first-order valence-corrected chi connectivity index (χ1v) is 17.6. The van der Waals surface area contributed by atoms with Crippen molar-refractivity contribution in [3.8, 4) is 22.4 Å². The van der Waals surface area contributed by atoms with E-state index in [2.05, 4.69) is 81.3 Å². The molecule has 48 heavy (non-hydrogen) atoms. The summed E-state index contributed by atoms with van der Waals surface area (Å²) in [6, 6.07) is 12.4. The summed E-state index contributed by atoms with van der Waals surface area (Å²) in [5, 5.41) is 2.72. The molecule has 1 aromatic heterocycles. The quantitative estimate of drug-likeness (QED) is 0.276. The summed E-state index contributed by atoms with van der Waals surface area (Å²) in [5.74, 6) is 2.27. The van der Waals surface area contributed by atoms with Gasteiger partial charge in [-0.2, -0.15) is 0 Å². The van der Waals surface area contributed by atoms with Gasteiger partial charge in [-0.15, -0.1) is 0 Å². The average molecular weight is 653 g/mol. The lowest BCUT2D eigenvalue weighted by atomic mass is 9.70. The number of nitrogens with one attached hydrogen (secondary N) is 2. The molecule has 5 atom stereocenters. The Labute approximate surface area is 284 Å². The molecule has 2 amide bonds. The number of aromatic nitrogens is 2. The van der Waals surface area contributed by atoms with Gasteiger partial charge in [-0.25, -0.2) is 9.78 Å². The largest absolute Gasteiger partial charge is 0.495 e. The summed E-state index contributed by atoms with van der Waals surface area (Å²) < 4.78 is 17.9. The van der Waals surface area contributed by atoms with E-state index in [1.54, 1.807) is 0 Å². The maximum Gasteiger partial charge on any atom is 0.495 e. The fourth-order valence-corrected chi connectivity index (χ4v) is 8.55. The number of ether oxygens (including phenoxy) is 1. The fraction of sp³-hybridized carbons (Fsp3) is 0.553. The van der Waals surface area contributed by atoms with Gasteiger partial charge in [0.05, 0.1) is 36.2 Å². The third-order valence-electron chi connectivity index (χ3n) is 12.0. The number of aromatic amines is 1. The van der Waals surface area contributed by atoms with Gasteiger partial charge in [0, 0.05) is 6.54 Å². The van der Waals surface area contributed by atoms with Crippen LogP contribution in [-0.4, -0.2) is 64.9 Å². The summed E-state index contributed by atoms with van der Waals surface area (Å²) in [7, 11) is 0.954. The summed E-state index contributed by atoms with van der Waals surface area (Å²) in [6.45, 7) is 15.4. The van der Waals surface area contributed by atoms with E-state index in [1.165, 1.54) is 47.7 Å². The molecule has 0 radical (unpaired) electrons. The second kappa shape index (κ2) is 12.1. The van der Waals surface area contributed by atoms with Crippen molar-refractivity contribution in [2.75, 3.05) is 13.7 Å². The molecule has 10 heteroatoms. The van der Waals surface area contributed by atoms with Gasteiger partial charge in [-0.05, 0) is 110 Å². The molecule has 254 valence electrons. The van der Waals surface area contributed by atoms with E-state index in [9.17, 15) is 9.59 Å². The molecule has 3 unspecified atom stereocenters. The number of fused-ring (bicyclic) bond motifs is 5. The number of likely N-dealkylation sites (tertiary alicyclic amines) is 1. The Bertz CT molecular complexity index is 1700. The zero-order valence-corrected chi connectivity index (χ0v) is 29.6. The fourth-order valence-electron chi connectivity index (χ4n) is 8.55. The lowest BCUT2D eigenvalue weighted by molar-refractivity contribution is -0.135. The summed E-state index contributed by atoms with van der Waals surface area (Å²) in [5.41, 5.74) is 7.86. The number of nitrogens with zero attached hydrogens (tertiary/aromatic N) is 2. The van der Waals surface area contributed by atoms with Crippen LogP contribution in [0.5, 0.6) is 0 Å². The highest BCUT2D eigenvalue weighted by molar-refractivity contribution is 6.62. The minimum atomic E-state index is -0.661. The smallest absolute Gasteiger partial charge is 0.453 e. The molecule has 2 saturated heterocycles. The van der Waals surface area contributed by atoms with Crippen molar-refractivity contribution in [1.29, 1.82) is 0 Å². The lowest BCUT2D eigenvalue weighted by Gasteiger charge is -2.32. The number of benzene rings is 2. The van der Waals surface area contributed by atoms with Crippen LogP contribution in [0.2, 0.25) is 0 Å². The molecule has 3 heterocycles. The molecule has 0 spiro atoms. The van der Waals surface area contributed by atoms with E-state index in [-0.39, 0.29) is 36.2 Å². The van der Waals surface area contributed by atoms with Crippen molar-refractivity contribution in [3.05, 3.63) is 59.5 Å². The maximum atomic E-state index is 13.6. The molecule has 7 rings (SSSR count). The lowest BCUT2D eigenvalue weighted by Crippen LogP contribution is -2.51. The Morgan fingerprint density at radius 2 is 1.62 bits per heavy atom. The van der Waals surface area contributed by atoms with Gasteiger partial charge in [0.1, 0.15) is 11.9 Å². The monoisotopic (exact) mass is 652 g/mol. The van der Waals surface area contributed by atoms with E-state index in [0.29, 0.717) is 24.3 Å². The average Bonchev–Trinajstić information content (AvgIpc) is 3.88. The van der Waals surface area contributed by atoms with Crippen molar-refractivity contribution < 1.29 is 23.6 Å². The van der Waals surface area contributed by atoms with Gasteiger partial charge in [-0.1, -0.05) is 57.2 Å². The van der Waals surface area contributed by atoms with Gasteiger partial charge in [-0.3, -0.25) is 4.79 Å². The molecular weight excluding hydrogens is 603 g/mol.